The molecule has 0 aliphatic rings. The van der Waals surface area contributed by atoms with E-state index in [-0.39, 0.29) is 23.3 Å². The Morgan fingerprint density at radius 2 is 2.23 bits per heavy atom. The first-order valence-corrected chi connectivity index (χ1v) is 8.57. The number of esters is 1. The van der Waals surface area contributed by atoms with Crippen molar-refractivity contribution in [3.8, 4) is 5.75 Å². The molecule has 1 aromatic heterocycles. The topological polar surface area (TPSA) is 51.5 Å². The predicted molar refractivity (Wildman–Crippen MR) is 88.7 cm³/mol. The summed E-state index contributed by atoms with van der Waals surface area (Å²) in [4.78, 5) is 12.2. The first-order chi connectivity index (χ1) is 10.4. The van der Waals surface area contributed by atoms with Crippen LogP contribution in [0.25, 0.3) is 10.9 Å². The zero-order chi connectivity index (χ0) is 16.4. The molecule has 0 bridgehead atoms. The molecule has 1 heterocycles. The van der Waals surface area contributed by atoms with E-state index in [2.05, 4.69) is 0 Å². The lowest BCUT2D eigenvalue weighted by atomic mass is 9.89. The van der Waals surface area contributed by atoms with Crippen LogP contribution in [0.2, 0.25) is 0 Å². The first kappa shape index (κ1) is 17.1. The van der Waals surface area contributed by atoms with Crippen molar-refractivity contribution >= 4 is 50.5 Å². The Labute approximate surface area is 135 Å². The molecule has 2 aromatic rings. The van der Waals surface area contributed by atoms with E-state index in [0.717, 1.165) is 16.3 Å². The van der Waals surface area contributed by atoms with Gasteiger partial charge in [-0.05, 0) is 30.3 Å². The van der Waals surface area contributed by atoms with Crippen molar-refractivity contribution in [2.75, 3.05) is 12.8 Å². The number of aromatic hydroxyl groups is 1. The van der Waals surface area contributed by atoms with Crippen LogP contribution in [-0.2, 0) is 10.9 Å². The molecule has 0 spiro atoms. The predicted octanol–water partition coefficient (Wildman–Crippen LogP) is 2.66. The summed E-state index contributed by atoms with van der Waals surface area (Å²) in [6.07, 6.45) is 1.45. The zero-order valence-electron chi connectivity index (χ0n) is 12.2. The number of halogens is 2. The van der Waals surface area contributed by atoms with Crippen molar-refractivity contribution in [3.63, 3.8) is 0 Å². The van der Waals surface area contributed by atoms with Gasteiger partial charge < -0.3 is 9.84 Å². The number of benzene rings is 1. The third kappa shape index (κ3) is 2.82. The van der Waals surface area contributed by atoms with Crippen molar-refractivity contribution in [3.05, 3.63) is 23.1 Å². The Morgan fingerprint density at radius 1 is 1.55 bits per heavy atom. The number of phenols is 1. The highest BCUT2D eigenvalue weighted by atomic mass is 35.5. The molecule has 0 saturated heterocycles. The van der Waals surface area contributed by atoms with E-state index < -0.39 is 17.5 Å². The molecule has 0 saturated carbocycles. The maximum absolute atomic E-state index is 13.9. The van der Waals surface area contributed by atoms with Gasteiger partial charge in [-0.25, -0.2) is 13.3 Å². The number of aromatic nitrogens is 1. The van der Waals surface area contributed by atoms with Crippen molar-refractivity contribution in [1.82, 2.24) is 4.09 Å². The normalized spacial score (nSPS) is 11.6. The number of hydrogen-bond donors (Lipinski definition) is 1. The molecule has 4 nitrogen and oxygen atoms in total. The molecule has 22 heavy (non-hydrogen) atoms. The highest BCUT2D eigenvalue weighted by Gasteiger charge is 2.26. The van der Waals surface area contributed by atoms with E-state index in [1.165, 1.54) is 0 Å². The quantitative estimate of drug-likeness (QED) is 0.517. The van der Waals surface area contributed by atoms with Crippen LogP contribution in [0.1, 0.15) is 29.9 Å². The molecule has 0 aliphatic heterocycles. The van der Waals surface area contributed by atoms with Crippen molar-refractivity contribution in [2.45, 2.75) is 20.0 Å². The van der Waals surface area contributed by atoms with Crippen molar-refractivity contribution in [1.29, 1.82) is 0 Å². The van der Waals surface area contributed by atoms with Crippen LogP contribution in [0.4, 0.5) is 4.39 Å². The monoisotopic (exact) mass is 341 g/mol. The third-order valence-corrected chi connectivity index (χ3v) is 4.73. The number of carbonyl (C=O) groups is 1. The smallest absolute Gasteiger partial charge is 0.356 e. The summed E-state index contributed by atoms with van der Waals surface area (Å²) in [6.45, 7) is 3.90. The van der Waals surface area contributed by atoms with Gasteiger partial charge in [0.25, 0.3) is 0 Å². The maximum Gasteiger partial charge on any atom is 0.356 e. The summed E-state index contributed by atoms with van der Waals surface area (Å²) in [5, 5.41) is 9.96. The molecule has 116 valence electrons. The van der Waals surface area contributed by atoms with Gasteiger partial charge in [-0.3, -0.25) is 0 Å². The Bertz CT molecular complexity index is 735. The Balaban J connectivity index is 2.79. The Hall–Kier alpha value is -1.26. The minimum Gasteiger partial charge on any atom is -0.505 e. The molecule has 0 amide bonds. The van der Waals surface area contributed by atoms with Gasteiger partial charge in [-0.2, -0.15) is 0 Å². The first-order valence-electron chi connectivity index (χ1n) is 6.82. The fourth-order valence-electron chi connectivity index (χ4n) is 2.30. The SMILES string of the molecule is [B]c1c(F)c(O)cc2c1c(CPCC)c(C(=O)OCC)n2Cl. The number of rotatable bonds is 5. The second-order valence-electron chi connectivity index (χ2n) is 4.63. The average molecular weight is 342 g/mol. The lowest BCUT2D eigenvalue weighted by Crippen LogP contribution is -2.12. The van der Waals surface area contributed by atoms with Gasteiger partial charge in [0.05, 0.1) is 12.1 Å². The highest BCUT2D eigenvalue weighted by molar-refractivity contribution is 7.37. The summed E-state index contributed by atoms with van der Waals surface area (Å²) in [5.74, 6) is -2.11. The lowest BCUT2D eigenvalue weighted by Gasteiger charge is -2.06. The summed E-state index contributed by atoms with van der Waals surface area (Å²) < 4.78 is 20.0. The van der Waals surface area contributed by atoms with Gasteiger partial charge >= 0.3 is 5.97 Å². The molecule has 0 fully saturated rings. The van der Waals surface area contributed by atoms with Crippen LogP contribution in [-0.4, -0.2) is 35.8 Å². The number of nitrogens with zero attached hydrogens (tertiary/aromatic N) is 1. The number of hydrogen-bond acceptors (Lipinski definition) is 3. The third-order valence-electron chi connectivity index (χ3n) is 3.28. The van der Waals surface area contributed by atoms with Gasteiger partial charge in [0.15, 0.2) is 11.6 Å². The van der Waals surface area contributed by atoms with Crippen LogP contribution in [0.3, 0.4) is 0 Å². The Kier molecular flexibility index (Phi) is 5.35. The molecule has 1 unspecified atom stereocenters. The second kappa shape index (κ2) is 6.88. The van der Waals surface area contributed by atoms with Gasteiger partial charge in [0.2, 0.25) is 0 Å². The van der Waals surface area contributed by atoms with Crippen LogP contribution >= 0.6 is 20.4 Å². The summed E-state index contributed by atoms with van der Waals surface area (Å²) >= 11 is 6.20. The number of fused-ring (bicyclic) bond motifs is 1. The summed E-state index contributed by atoms with van der Waals surface area (Å²) in [5.41, 5.74) is 0.768. The zero-order valence-corrected chi connectivity index (χ0v) is 14.0. The molecule has 8 heteroatoms. The molecular weight excluding hydrogens is 326 g/mol. The van der Waals surface area contributed by atoms with Crippen LogP contribution in [0, 0.1) is 5.82 Å². The fraction of sp³-hybridized carbons (Fsp3) is 0.357. The van der Waals surface area contributed by atoms with Crippen LogP contribution in [0.15, 0.2) is 6.07 Å². The van der Waals surface area contributed by atoms with Crippen LogP contribution < -0.4 is 5.46 Å². The standard InChI is InChI=1S/C14H15BClFNO3P/c1-3-21-14(20)13-7(6-22-4-2)10-8(18(13)16)5-9(19)12(17)11(10)15/h5,19,22H,3-4,6H2,1-2H3. The molecule has 0 aliphatic carbocycles. The van der Waals surface area contributed by atoms with Crippen molar-refractivity contribution < 1.29 is 19.0 Å². The van der Waals surface area contributed by atoms with E-state index in [9.17, 15) is 14.3 Å². The van der Waals surface area contributed by atoms with Gasteiger partial charge in [0, 0.05) is 23.2 Å². The molecule has 2 radical (unpaired) electrons. The fourth-order valence-corrected chi connectivity index (χ4v) is 3.45. The van der Waals surface area contributed by atoms with Gasteiger partial charge in [-0.15, -0.1) is 8.58 Å². The average Bonchev–Trinajstić information content (AvgIpc) is 2.75. The largest absolute Gasteiger partial charge is 0.505 e. The molecule has 1 aromatic carbocycles. The summed E-state index contributed by atoms with van der Waals surface area (Å²) in [6, 6.07) is 1.16. The number of ether oxygens (including phenoxy) is 1. The Morgan fingerprint density at radius 3 is 2.82 bits per heavy atom. The summed E-state index contributed by atoms with van der Waals surface area (Å²) in [7, 11) is 6.32. The lowest BCUT2D eigenvalue weighted by molar-refractivity contribution is 0.0518. The van der Waals surface area contributed by atoms with Gasteiger partial charge in [-0.1, -0.05) is 6.92 Å². The number of carbonyl (C=O) groups excluding carboxylic acids is 1. The second-order valence-corrected chi connectivity index (χ2v) is 6.52. The molecule has 1 atom stereocenters. The number of phenolic OH excluding ortho intramolecular Hbond substituents is 1. The van der Waals surface area contributed by atoms with Crippen LogP contribution in [0.5, 0.6) is 5.75 Å². The minimum atomic E-state index is -0.911. The van der Waals surface area contributed by atoms with Crippen molar-refractivity contribution in [2.24, 2.45) is 0 Å². The van der Waals surface area contributed by atoms with Gasteiger partial charge in [0.1, 0.15) is 13.5 Å². The molecule has 2 rings (SSSR count). The van der Waals surface area contributed by atoms with E-state index in [1.54, 1.807) is 6.92 Å². The molecular formula is C14H15BClFNO3P. The minimum absolute atomic E-state index is 0.135. The maximum atomic E-state index is 13.9. The van der Waals surface area contributed by atoms with E-state index in [1.807, 2.05) is 6.92 Å². The van der Waals surface area contributed by atoms with E-state index in [4.69, 9.17) is 24.4 Å². The van der Waals surface area contributed by atoms with E-state index >= 15 is 0 Å². The highest BCUT2D eigenvalue weighted by Crippen LogP contribution is 2.34. The van der Waals surface area contributed by atoms with E-state index in [0.29, 0.717) is 25.7 Å². The molecule has 1 N–H and O–H groups in total.